The van der Waals surface area contributed by atoms with Gasteiger partial charge in [0.15, 0.2) is 0 Å². The first-order valence-corrected chi connectivity index (χ1v) is 3.96. The van der Waals surface area contributed by atoms with Gasteiger partial charge in [-0.15, -0.1) is 0 Å². The molecule has 1 rings (SSSR count). The summed E-state index contributed by atoms with van der Waals surface area (Å²) in [6.07, 6.45) is 5.21. The quantitative estimate of drug-likeness (QED) is 0.632. The summed E-state index contributed by atoms with van der Waals surface area (Å²) in [6, 6.07) is 0. The van der Waals surface area contributed by atoms with Crippen molar-refractivity contribution in [1.82, 2.24) is 0 Å². The molecule has 0 amide bonds. The molecule has 0 saturated heterocycles. The van der Waals surface area contributed by atoms with E-state index in [0.717, 1.165) is 5.57 Å². The molecule has 0 aromatic rings. The number of aliphatic hydroxyl groups excluding tert-OH is 1. The molecule has 2 nitrogen and oxygen atoms in total. The van der Waals surface area contributed by atoms with Crippen LogP contribution in [0, 0.1) is 5.92 Å². The van der Waals surface area contributed by atoms with E-state index in [9.17, 15) is 5.11 Å². The van der Waals surface area contributed by atoms with Crippen molar-refractivity contribution in [3.63, 3.8) is 0 Å². The van der Waals surface area contributed by atoms with E-state index in [4.69, 9.17) is 4.74 Å². The van der Waals surface area contributed by atoms with Gasteiger partial charge in [0.05, 0.1) is 13.2 Å². The zero-order valence-electron chi connectivity index (χ0n) is 7.45. The van der Waals surface area contributed by atoms with Gasteiger partial charge in [-0.3, -0.25) is 0 Å². The molecule has 0 radical (unpaired) electrons. The van der Waals surface area contributed by atoms with Crippen LogP contribution >= 0.6 is 0 Å². The SMILES string of the molecule is C=C(OC)C1=CC(O)C(C)C=C1. The van der Waals surface area contributed by atoms with Crippen LogP contribution in [0.4, 0.5) is 0 Å². The second-order valence-electron chi connectivity index (χ2n) is 2.96. The highest BCUT2D eigenvalue weighted by Crippen LogP contribution is 2.20. The van der Waals surface area contributed by atoms with Crippen LogP contribution in [0.1, 0.15) is 6.92 Å². The number of rotatable bonds is 2. The predicted octanol–water partition coefficient (Wildman–Crippen LogP) is 1.64. The van der Waals surface area contributed by atoms with Crippen molar-refractivity contribution in [1.29, 1.82) is 0 Å². The fraction of sp³-hybridized carbons (Fsp3) is 0.400. The average molecular weight is 166 g/mol. The molecule has 2 unspecified atom stereocenters. The Bertz CT molecular complexity index is 238. The van der Waals surface area contributed by atoms with Crippen molar-refractivity contribution in [3.8, 4) is 0 Å². The van der Waals surface area contributed by atoms with E-state index in [1.807, 2.05) is 19.1 Å². The molecule has 1 N–H and O–H groups in total. The van der Waals surface area contributed by atoms with Crippen LogP contribution in [0.3, 0.4) is 0 Å². The maximum absolute atomic E-state index is 9.47. The van der Waals surface area contributed by atoms with Crippen molar-refractivity contribution < 1.29 is 9.84 Å². The van der Waals surface area contributed by atoms with Gasteiger partial charge in [0.25, 0.3) is 0 Å². The molecule has 2 atom stereocenters. The number of hydrogen-bond donors (Lipinski definition) is 1. The summed E-state index contributed by atoms with van der Waals surface area (Å²) in [5, 5.41) is 9.47. The fourth-order valence-electron chi connectivity index (χ4n) is 1.06. The van der Waals surface area contributed by atoms with Gasteiger partial charge in [-0.1, -0.05) is 25.7 Å². The topological polar surface area (TPSA) is 29.5 Å². The van der Waals surface area contributed by atoms with E-state index in [1.165, 1.54) is 0 Å². The number of aliphatic hydroxyl groups is 1. The lowest BCUT2D eigenvalue weighted by molar-refractivity contribution is 0.181. The zero-order valence-corrected chi connectivity index (χ0v) is 7.45. The van der Waals surface area contributed by atoms with E-state index < -0.39 is 6.10 Å². The molecule has 0 fully saturated rings. The average Bonchev–Trinajstić information content (AvgIpc) is 2.08. The third kappa shape index (κ3) is 1.77. The lowest BCUT2D eigenvalue weighted by Crippen LogP contribution is -2.16. The summed E-state index contributed by atoms with van der Waals surface area (Å²) < 4.78 is 4.95. The highest BCUT2D eigenvalue weighted by molar-refractivity contribution is 5.38. The van der Waals surface area contributed by atoms with Gasteiger partial charge in [0.1, 0.15) is 5.76 Å². The second-order valence-corrected chi connectivity index (χ2v) is 2.96. The first-order chi connectivity index (χ1) is 5.65. The van der Waals surface area contributed by atoms with Crippen LogP contribution in [0.15, 0.2) is 36.1 Å². The molecular weight excluding hydrogens is 152 g/mol. The summed E-state index contributed by atoms with van der Waals surface area (Å²) in [6.45, 7) is 5.67. The third-order valence-electron chi connectivity index (χ3n) is 2.04. The minimum absolute atomic E-state index is 0.179. The van der Waals surface area contributed by atoms with Crippen LogP contribution in [0.25, 0.3) is 0 Å². The molecule has 2 heteroatoms. The summed E-state index contributed by atoms with van der Waals surface area (Å²) in [4.78, 5) is 0. The molecule has 0 spiro atoms. The molecule has 1 aliphatic carbocycles. The monoisotopic (exact) mass is 166 g/mol. The van der Waals surface area contributed by atoms with E-state index in [-0.39, 0.29) is 5.92 Å². The Balaban J connectivity index is 2.76. The molecule has 0 aromatic heterocycles. The molecule has 0 saturated carbocycles. The van der Waals surface area contributed by atoms with E-state index >= 15 is 0 Å². The number of allylic oxidation sites excluding steroid dienone is 1. The van der Waals surface area contributed by atoms with Crippen molar-refractivity contribution in [3.05, 3.63) is 36.1 Å². The van der Waals surface area contributed by atoms with Gasteiger partial charge < -0.3 is 9.84 Å². The first-order valence-electron chi connectivity index (χ1n) is 3.96. The van der Waals surface area contributed by atoms with Crippen LogP contribution in [0.5, 0.6) is 0 Å². The number of ether oxygens (including phenoxy) is 1. The minimum Gasteiger partial charge on any atom is -0.497 e. The standard InChI is InChI=1S/C10H14O2/c1-7-4-5-9(6-10(7)11)8(2)12-3/h4-7,10-11H,2H2,1,3H3. The molecule has 0 heterocycles. The Morgan fingerprint density at radius 2 is 2.33 bits per heavy atom. The van der Waals surface area contributed by atoms with Crippen molar-refractivity contribution >= 4 is 0 Å². The van der Waals surface area contributed by atoms with Crippen molar-refractivity contribution in [2.45, 2.75) is 13.0 Å². The van der Waals surface area contributed by atoms with Gasteiger partial charge in [-0.25, -0.2) is 0 Å². The second kappa shape index (κ2) is 3.59. The fourth-order valence-corrected chi connectivity index (χ4v) is 1.06. The zero-order chi connectivity index (χ0) is 9.14. The lowest BCUT2D eigenvalue weighted by Gasteiger charge is -2.18. The van der Waals surface area contributed by atoms with E-state index in [1.54, 1.807) is 13.2 Å². The highest BCUT2D eigenvalue weighted by Gasteiger charge is 2.14. The molecule has 0 aliphatic heterocycles. The minimum atomic E-state index is -0.420. The maximum atomic E-state index is 9.47. The van der Waals surface area contributed by atoms with Crippen LogP contribution in [0.2, 0.25) is 0 Å². The Hall–Kier alpha value is -1.02. The van der Waals surface area contributed by atoms with Crippen molar-refractivity contribution in [2.24, 2.45) is 5.92 Å². The van der Waals surface area contributed by atoms with Gasteiger partial charge >= 0.3 is 0 Å². The normalized spacial score (nSPS) is 28.1. The summed E-state index contributed by atoms with van der Waals surface area (Å²) in [5.41, 5.74) is 0.864. The largest absolute Gasteiger partial charge is 0.497 e. The van der Waals surface area contributed by atoms with E-state index in [2.05, 4.69) is 6.58 Å². The first kappa shape index (κ1) is 9.07. The van der Waals surface area contributed by atoms with E-state index in [0.29, 0.717) is 5.76 Å². The number of hydrogen-bond acceptors (Lipinski definition) is 2. The smallest absolute Gasteiger partial charge is 0.118 e. The number of methoxy groups -OCH3 is 1. The van der Waals surface area contributed by atoms with Gasteiger partial charge in [0, 0.05) is 11.5 Å². The lowest BCUT2D eigenvalue weighted by atomic mass is 9.95. The maximum Gasteiger partial charge on any atom is 0.118 e. The van der Waals surface area contributed by atoms with Gasteiger partial charge in [0.2, 0.25) is 0 Å². The van der Waals surface area contributed by atoms with Crippen LogP contribution < -0.4 is 0 Å². The molecule has 0 aromatic carbocycles. The van der Waals surface area contributed by atoms with Crippen molar-refractivity contribution in [2.75, 3.05) is 7.11 Å². The van der Waals surface area contributed by atoms with Gasteiger partial charge in [-0.05, 0) is 6.08 Å². The molecule has 0 bridgehead atoms. The van der Waals surface area contributed by atoms with Gasteiger partial charge in [-0.2, -0.15) is 0 Å². The molecule has 1 aliphatic rings. The Labute approximate surface area is 72.9 Å². The Kier molecular flexibility index (Phi) is 2.71. The van der Waals surface area contributed by atoms with Crippen LogP contribution in [-0.2, 0) is 4.74 Å². The predicted molar refractivity (Wildman–Crippen MR) is 48.5 cm³/mol. The highest BCUT2D eigenvalue weighted by atomic mass is 16.5. The third-order valence-corrected chi connectivity index (χ3v) is 2.04. The molecule has 66 valence electrons. The summed E-state index contributed by atoms with van der Waals surface area (Å²) >= 11 is 0. The summed E-state index contributed by atoms with van der Waals surface area (Å²) in [7, 11) is 1.57. The Morgan fingerprint density at radius 3 is 2.83 bits per heavy atom. The molecule has 12 heavy (non-hydrogen) atoms. The van der Waals surface area contributed by atoms with Crippen LogP contribution in [-0.4, -0.2) is 18.3 Å². The summed E-state index contributed by atoms with van der Waals surface area (Å²) in [5.74, 6) is 0.774. The molecular formula is C10H14O2. The Morgan fingerprint density at radius 1 is 1.67 bits per heavy atom.